The Morgan fingerprint density at radius 3 is 2.43 bits per heavy atom. The lowest BCUT2D eigenvalue weighted by Crippen LogP contribution is -2.41. The highest BCUT2D eigenvalue weighted by Gasteiger charge is 2.39. The van der Waals surface area contributed by atoms with Crippen molar-refractivity contribution in [2.24, 2.45) is 11.8 Å². The number of hydrogen-bond acceptors (Lipinski definition) is 1. The van der Waals surface area contributed by atoms with Crippen LogP contribution >= 0.6 is 0 Å². The Labute approximate surface area is 128 Å². The van der Waals surface area contributed by atoms with Crippen molar-refractivity contribution in [2.75, 3.05) is 0 Å². The minimum Gasteiger partial charge on any atom is -0.393 e. The molecule has 1 nitrogen and oxygen atoms in total. The Kier molecular flexibility index (Phi) is 3.79. The summed E-state index contributed by atoms with van der Waals surface area (Å²) in [5.74, 6) is 1.01. The molecule has 0 radical (unpaired) electrons. The molecule has 2 aromatic carbocycles. The maximum absolute atomic E-state index is 10.5. The van der Waals surface area contributed by atoms with Gasteiger partial charge in [0.15, 0.2) is 0 Å². The van der Waals surface area contributed by atoms with E-state index in [9.17, 15) is 5.11 Å². The van der Waals surface area contributed by atoms with Crippen LogP contribution < -0.4 is 0 Å². The van der Waals surface area contributed by atoms with E-state index in [1.165, 1.54) is 22.8 Å². The first-order valence-electron chi connectivity index (χ1n) is 8.16. The standard InChI is InChI=1S/C20H26O/c1-14-8-11-18(19(21)12-14)20(2,3)17-10-9-15-6-4-5-7-16(15)13-17/h4-7,9-10,13-14,18-19,21H,8,11-12H2,1-3H3/t14-,18-,19-/m0/s1. The van der Waals surface area contributed by atoms with E-state index in [-0.39, 0.29) is 11.5 Å². The number of rotatable bonds is 2. The average Bonchev–Trinajstić information content (AvgIpc) is 2.46. The van der Waals surface area contributed by atoms with Crippen LogP contribution in [0.2, 0.25) is 0 Å². The lowest BCUT2D eigenvalue weighted by Gasteiger charge is -2.42. The zero-order chi connectivity index (χ0) is 15.0. The number of aliphatic hydroxyl groups excluding tert-OH is 1. The smallest absolute Gasteiger partial charge is 0.0579 e. The summed E-state index contributed by atoms with van der Waals surface area (Å²) in [5, 5.41) is 13.1. The van der Waals surface area contributed by atoms with E-state index < -0.39 is 0 Å². The largest absolute Gasteiger partial charge is 0.393 e. The Morgan fingerprint density at radius 2 is 1.71 bits per heavy atom. The summed E-state index contributed by atoms with van der Waals surface area (Å²) in [7, 11) is 0. The average molecular weight is 282 g/mol. The van der Waals surface area contributed by atoms with Crippen LogP contribution in [-0.4, -0.2) is 11.2 Å². The van der Waals surface area contributed by atoms with Crippen LogP contribution in [0.4, 0.5) is 0 Å². The van der Waals surface area contributed by atoms with Gasteiger partial charge in [-0.05, 0) is 46.4 Å². The van der Waals surface area contributed by atoms with E-state index in [4.69, 9.17) is 0 Å². The molecule has 21 heavy (non-hydrogen) atoms. The van der Waals surface area contributed by atoms with Crippen LogP contribution in [0.5, 0.6) is 0 Å². The van der Waals surface area contributed by atoms with Gasteiger partial charge in [0.1, 0.15) is 0 Å². The first-order chi connectivity index (χ1) is 9.98. The van der Waals surface area contributed by atoms with Crippen LogP contribution in [0.15, 0.2) is 42.5 Å². The third-order valence-electron chi connectivity index (χ3n) is 5.50. The molecule has 0 unspecified atom stereocenters. The summed E-state index contributed by atoms with van der Waals surface area (Å²) in [6.07, 6.45) is 3.14. The highest BCUT2D eigenvalue weighted by Crippen LogP contribution is 2.42. The van der Waals surface area contributed by atoms with Gasteiger partial charge in [-0.15, -0.1) is 0 Å². The molecule has 1 fully saturated rings. The zero-order valence-corrected chi connectivity index (χ0v) is 13.3. The predicted octanol–water partition coefficient (Wildman–Crippen LogP) is 4.91. The van der Waals surface area contributed by atoms with E-state index in [1.54, 1.807) is 0 Å². The molecule has 0 aliphatic heterocycles. The van der Waals surface area contributed by atoms with Crippen LogP contribution in [0, 0.1) is 11.8 Å². The quantitative estimate of drug-likeness (QED) is 0.829. The molecule has 3 atom stereocenters. The molecule has 112 valence electrons. The number of aliphatic hydroxyl groups is 1. The normalized spacial score (nSPS) is 27.0. The van der Waals surface area contributed by atoms with Gasteiger partial charge in [0.25, 0.3) is 0 Å². The molecule has 1 saturated carbocycles. The minimum absolute atomic E-state index is 0.0174. The van der Waals surface area contributed by atoms with E-state index in [1.807, 2.05) is 0 Å². The van der Waals surface area contributed by atoms with Crippen LogP contribution in [0.25, 0.3) is 10.8 Å². The van der Waals surface area contributed by atoms with Gasteiger partial charge in [-0.3, -0.25) is 0 Å². The van der Waals surface area contributed by atoms with Gasteiger partial charge in [-0.25, -0.2) is 0 Å². The highest BCUT2D eigenvalue weighted by atomic mass is 16.3. The third-order valence-corrected chi connectivity index (χ3v) is 5.50. The fourth-order valence-electron chi connectivity index (χ4n) is 4.00. The Morgan fingerprint density at radius 1 is 1.00 bits per heavy atom. The molecule has 1 heteroatoms. The molecule has 0 saturated heterocycles. The van der Waals surface area contributed by atoms with Crippen molar-refractivity contribution in [3.63, 3.8) is 0 Å². The van der Waals surface area contributed by atoms with Crippen molar-refractivity contribution in [3.8, 4) is 0 Å². The minimum atomic E-state index is -0.171. The fraction of sp³-hybridized carbons (Fsp3) is 0.500. The van der Waals surface area contributed by atoms with Gasteiger partial charge in [-0.2, -0.15) is 0 Å². The summed E-state index contributed by atoms with van der Waals surface area (Å²) >= 11 is 0. The summed E-state index contributed by atoms with van der Waals surface area (Å²) in [6, 6.07) is 15.3. The summed E-state index contributed by atoms with van der Waals surface area (Å²) in [6.45, 7) is 6.84. The lowest BCUT2D eigenvalue weighted by atomic mass is 9.64. The van der Waals surface area contributed by atoms with E-state index in [2.05, 4.69) is 63.2 Å². The molecule has 0 amide bonds. The molecule has 3 rings (SSSR count). The van der Waals surface area contributed by atoms with Crippen LogP contribution in [0.1, 0.15) is 45.6 Å². The Bertz CT molecular complexity index is 629. The van der Waals surface area contributed by atoms with Gasteiger partial charge < -0.3 is 5.11 Å². The van der Waals surface area contributed by atoms with Crippen molar-refractivity contribution < 1.29 is 5.11 Å². The fourth-order valence-corrected chi connectivity index (χ4v) is 4.00. The van der Waals surface area contributed by atoms with Crippen molar-refractivity contribution in [2.45, 2.75) is 51.6 Å². The van der Waals surface area contributed by atoms with Crippen molar-refractivity contribution >= 4 is 10.8 Å². The molecule has 0 aromatic heterocycles. The topological polar surface area (TPSA) is 20.2 Å². The highest BCUT2D eigenvalue weighted by molar-refractivity contribution is 5.83. The molecule has 2 aromatic rings. The molecule has 1 aliphatic carbocycles. The molecule has 1 N–H and O–H groups in total. The molecule has 0 spiro atoms. The lowest BCUT2D eigenvalue weighted by molar-refractivity contribution is 0.0144. The maximum atomic E-state index is 10.5. The predicted molar refractivity (Wildman–Crippen MR) is 89.5 cm³/mol. The van der Waals surface area contributed by atoms with Crippen molar-refractivity contribution in [3.05, 3.63) is 48.0 Å². The summed E-state index contributed by atoms with van der Waals surface area (Å²) in [5.41, 5.74) is 1.36. The van der Waals surface area contributed by atoms with E-state index >= 15 is 0 Å². The monoisotopic (exact) mass is 282 g/mol. The Hall–Kier alpha value is -1.34. The number of fused-ring (bicyclic) bond motifs is 1. The van der Waals surface area contributed by atoms with E-state index in [0.29, 0.717) is 11.8 Å². The van der Waals surface area contributed by atoms with Gasteiger partial charge in [0, 0.05) is 0 Å². The molecule has 0 bridgehead atoms. The number of hydrogen-bond donors (Lipinski definition) is 1. The summed E-state index contributed by atoms with van der Waals surface area (Å²) < 4.78 is 0. The van der Waals surface area contributed by atoms with Gasteiger partial charge >= 0.3 is 0 Å². The molecule has 0 heterocycles. The maximum Gasteiger partial charge on any atom is 0.0579 e. The SMILES string of the molecule is C[C@H]1CC[C@H](C(C)(C)c2ccc3ccccc3c2)[C@@H](O)C1. The first-order valence-corrected chi connectivity index (χ1v) is 8.16. The van der Waals surface area contributed by atoms with E-state index in [0.717, 1.165) is 12.8 Å². The van der Waals surface area contributed by atoms with Crippen molar-refractivity contribution in [1.82, 2.24) is 0 Å². The molecular weight excluding hydrogens is 256 g/mol. The molecular formula is C20H26O. The second-order valence-electron chi connectivity index (χ2n) is 7.38. The number of benzene rings is 2. The summed E-state index contributed by atoms with van der Waals surface area (Å²) in [4.78, 5) is 0. The Balaban J connectivity index is 1.95. The third kappa shape index (κ3) is 2.72. The first kappa shape index (κ1) is 14.6. The van der Waals surface area contributed by atoms with Crippen molar-refractivity contribution in [1.29, 1.82) is 0 Å². The van der Waals surface area contributed by atoms with Gasteiger partial charge in [0.05, 0.1) is 6.10 Å². The second kappa shape index (κ2) is 5.46. The van der Waals surface area contributed by atoms with Crippen LogP contribution in [-0.2, 0) is 5.41 Å². The van der Waals surface area contributed by atoms with Gasteiger partial charge in [0.2, 0.25) is 0 Å². The molecule has 1 aliphatic rings. The zero-order valence-electron chi connectivity index (χ0n) is 13.3. The van der Waals surface area contributed by atoms with Crippen LogP contribution in [0.3, 0.4) is 0 Å². The second-order valence-corrected chi connectivity index (χ2v) is 7.38. The van der Waals surface area contributed by atoms with Gasteiger partial charge in [-0.1, -0.05) is 69.7 Å².